The maximum absolute atomic E-state index is 12.3. The lowest BCUT2D eigenvalue weighted by molar-refractivity contribution is 0.100. The summed E-state index contributed by atoms with van der Waals surface area (Å²) in [6, 6.07) is 5.27. The Morgan fingerprint density at radius 3 is 2.58 bits per heavy atom. The fourth-order valence-electron chi connectivity index (χ4n) is 4.38. The molecule has 3 aromatic rings. The lowest BCUT2D eigenvalue weighted by atomic mass is 9.77. The molecule has 0 radical (unpaired) electrons. The number of nitrogens with zero attached hydrogens (tertiary/aromatic N) is 2. The summed E-state index contributed by atoms with van der Waals surface area (Å²) in [5.41, 5.74) is 15.7. The van der Waals surface area contributed by atoms with Gasteiger partial charge in [0.2, 0.25) is 5.88 Å². The SMILES string of the molecule is CNC1(COc2nc3c(cc2C)c(C(N)=O)c(N)n3-c2c(C)ccc(O)c2C)CCC1. The Bertz CT molecular complexity index is 1190. The Balaban J connectivity index is 1.93. The lowest BCUT2D eigenvalue weighted by Crippen LogP contribution is -2.53. The number of carbonyl (C=O) groups excluding carboxylic acids is 1. The molecule has 1 aliphatic carbocycles. The second-order valence-corrected chi connectivity index (χ2v) is 8.49. The van der Waals surface area contributed by atoms with E-state index in [0.29, 0.717) is 34.8 Å². The van der Waals surface area contributed by atoms with Gasteiger partial charge in [0.1, 0.15) is 18.2 Å². The molecule has 0 atom stereocenters. The Morgan fingerprint density at radius 1 is 1.29 bits per heavy atom. The third kappa shape index (κ3) is 3.27. The lowest BCUT2D eigenvalue weighted by Gasteiger charge is -2.41. The number of rotatable bonds is 6. The topological polar surface area (TPSA) is 128 Å². The number of nitrogens with one attached hydrogen (secondary N) is 1. The summed E-state index contributed by atoms with van der Waals surface area (Å²) < 4.78 is 7.82. The minimum Gasteiger partial charge on any atom is -0.508 e. The summed E-state index contributed by atoms with van der Waals surface area (Å²) in [5.74, 6) is 0.176. The molecule has 6 N–H and O–H groups in total. The summed E-state index contributed by atoms with van der Waals surface area (Å²) in [6.07, 6.45) is 3.29. The molecule has 1 fully saturated rings. The van der Waals surface area contributed by atoms with Gasteiger partial charge in [-0.25, -0.2) is 0 Å². The number of primary amides is 1. The number of pyridine rings is 1. The smallest absolute Gasteiger partial charge is 0.253 e. The predicted molar refractivity (Wildman–Crippen MR) is 121 cm³/mol. The molecule has 2 heterocycles. The highest BCUT2D eigenvalue weighted by Gasteiger charge is 2.36. The molecule has 2 aromatic heterocycles. The van der Waals surface area contributed by atoms with E-state index in [9.17, 15) is 9.90 Å². The summed E-state index contributed by atoms with van der Waals surface area (Å²) in [7, 11) is 1.95. The number of nitrogens with two attached hydrogens (primary N) is 2. The van der Waals surface area contributed by atoms with Crippen LogP contribution in [0.3, 0.4) is 0 Å². The van der Waals surface area contributed by atoms with Crippen molar-refractivity contribution in [1.29, 1.82) is 0 Å². The molecule has 0 unspecified atom stereocenters. The van der Waals surface area contributed by atoms with Crippen LogP contribution in [0, 0.1) is 20.8 Å². The fraction of sp³-hybridized carbons (Fsp3) is 0.391. The number of benzene rings is 1. The summed E-state index contributed by atoms with van der Waals surface area (Å²) in [5, 5.41) is 14.2. The van der Waals surface area contributed by atoms with E-state index in [2.05, 4.69) is 5.32 Å². The van der Waals surface area contributed by atoms with Crippen LogP contribution in [0.2, 0.25) is 0 Å². The highest BCUT2D eigenvalue weighted by Crippen LogP contribution is 2.38. The number of likely N-dealkylation sites (N-methyl/N-ethyl adjacent to an activating group) is 1. The van der Waals surface area contributed by atoms with Gasteiger partial charge in [0.25, 0.3) is 5.91 Å². The van der Waals surface area contributed by atoms with Crippen LogP contribution in [0.5, 0.6) is 11.6 Å². The van der Waals surface area contributed by atoms with Crippen LogP contribution in [0.15, 0.2) is 18.2 Å². The van der Waals surface area contributed by atoms with Crippen LogP contribution in [0.4, 0.5) is 5.82 Å². The van der Waals surface area contributed by atoms with Gasteiger partial charge in [-0.2, -0.15) is 4.98 Å². The Labute approximate surface area is 181 Å². The van der Waals surface area contributed by atoms with Crippen molar-refractivity contribution < 1.29 is 14.6 Å². The van der Waals surface area contributed by atoms with Crippen molar-refractivity contribution >= 4 is 22.8 Å². The molecule has 31 heavy (non-hydrogen) atoms. The van der Waals surface area contributed by atoms with E-state index in [1.165, 1.54) is 6.42 Å². The second-order valence-electron chi connectivity index (χ2n) is 8.49. The van der Waals surface area contributed by atoms with E-state index in [1.54, 1.807) is 23.6 Å². The number of phenolic OH excluding ortho intramolecular Hbond substituents is 1. The number of aromatic nitrogens is 2. The van der Waals surface area contributed by atoms with Gasteiger partial charge < -0.3 is 26.6 Å². The van der Waals surface area contributed by atoms with Crippen molar-refractivity contribution in [1.82, 2.24) is 14.9 Å². The van der Waals surface area contributed by atoms with Crippen LogP contribution in [0.1, 0.15) is 46.3 Å². The van der Waals surface area contributed by atoms with Crippen molar-refractivity contribution in [2.75, 3.05) is 19.4 Å². The zero-order valence-electron chi connectivity index (χ0n) is 18.4. The van der Waals surface area contributed by atoms with E-state index in [1.807, 2.05) is 27.0 Å². The molecule has 8 nitrogen and oxygen atoms in total. The van der Waals surface area contributed by atoms with Crippen molar-refractivity contribution in [3.05, 3.63) is 40.5 Å². The quantitative estimate of drug-likeness (QED) is 0.483. The summed E-state index contributed by atoms with van der Waals surface area (Å²) in [4.78, 5) is 17.0. The minimum absolute atomic E-state index is 0.0269. The number of amides is 1. The van der Waals surface area contributed by atoms with Gasteiger partial charge in [0.15, 0.2) is 5.65 Å². The summed E-state index contributed by atoms with van der Waals surface area (Å²) >= 11 is 0. The second kappa shape index (κ2) is 7.46. The van der Waals surface area contributed by atoms with Crippen molar-refractivity contribution in [3.8, 4) is 17.3 Å². The first-order valence-corrected chi connectivity index (χ1v) is 10.4. The van der Waals surface area contributed by atoms with Gasteiger partial charge in [-0.3, -0.25) is 9.36 Å². The molecule has 0 aliphatic heterocycles. The molecule has 1 aliphatic rings. The Kier molecular flexibility index (Phi) is 5.05. The average molecular weight is 424 g/mol. The van der Waals surface area contributed by atoms with E-state index in [0.717, 1.165) is 24.0 Å². The van der Waals surface area contributed by atoms with Crippen LogP contribution in [0.25, 0.3) is 16.7 Å². The number of nitrogen functional groups attached to an aromatic ring is 1. The van der Waals surface area contributed by atoms with E-state index >= 15 is 0 Å². The number of aromatic hydroxyl groups is 1. The highest BCUT2D eigenvalue weighted by atomic mass is 16.5. The molecule has 0 bridgehead atoms. The van der Waals surface area contributed by atoms with Gasteiger partial charge in [-0.05, 0) is 64.8 Å². The first-order valence-electron chi connectivity index (χ1n) is 10.4. The van der Waals surface area contributed by atoms with Gasteiger partial charge in [0, 0.05) is 16.5 Å². The fourth-order valence-corrected chi connectivity index (χ4v) is 4.38. The number of hydrogen-bond acceptors (Lipinski definition) is 6. The zero-order chi connectivity index (χ0) is 22.5. The summed E-state index contributed by atoms with van der Waals surface area (Å²) in [6.45, 7) is 6.10. The number of anilines is 1. The van der Waals surface area contributed by atoms with Crippen LogP contribution in [-0.4, -0.2) is 39.8 Å². The highest BCUT2D eigenvalue weighted by molar-refractivity contribution is 6.11. The van der Waals surface area contributed by atoms with Gasteiger partial charge in [0.05, 0.1) is 16.8 Å². The molecule has 1 amide bonds. The Hall–Kier alpha value is -3.26. The largest absolute Gasteiger partial charge is 0.508 e. The Morgan fingerprint density at radius 2 is 2.00 bits per heavy atom. The molecule has 4 rings (SSSR count). The number of fused-ring (bicyclic) bond motifs is 1. The van der Waals surface area contributed by atoms with Crippen LogP contribution >= 0.6 is 0 Å². The molecule has 1 aromatic carbocycles. The number of phenols is 1. The molecular formula is C23H29N5O3. The molecule has 0 saturated heterocycles. The van der Waals surface area contributed by atoms with Gasteiger partial charge in [-0.15, -0.1) is 0 Å². The van der Waals surface area contributed by atoms with Crippen molar-refractivity contribution in [2.24, 2.45) is 5.73 Å². The molecule has 8 heteroatoms. The third-order valence-electron chi connectivity index (χ3n) is 6.53. The number of aryl methyl sites for hydroxylation is 2. The van der Waals surface area contributed by atoms with E-state index in [-0.39, 0.29) is 22.7 Å². The van der Waals surface area contributed by atoms with Gasteiger partial charge in [-0.1, -0.05) is 6.07 Å². The number of carbonyl (C=O) groups is 1. The standard InChI is InChI=1S/C23H29N5O3/c1-12-6-7-16(29)14(3)18(12)28-19(24)17(20(25)30)15-10-13(2)22(27-21(15)28)31-11-23(26-4)8-5-9-23/h6-7,10,26,29H,5,8-9,11,24H2,1-4H3,(H2,25,30). The predicted octanol–water partition coefficient (Wildman–Crippen LogP) is 2.86. The minimum atomic E-state index is -0.629. The zero-order valence-corrected chi connectivity index (χ0v) is 18.4. The molecule has 0 spiro atoms. The molecular weight excluding hydrogens is 394 g/mol. The van der Waals surface area contributed by atoms with Crippen molar-refractivity contribution in [2.45, 2.75) is 45.6 Å². The first-order chi connectivity index (χ1) is 14.7. The third-order valence-corrected chi connectivity index (χ3v) is 6.53. The number of hydrogen-bond donors (Lipinski definition) is 4. The van der Waals surface area contributed by atoms with Gasteiger partial charge >= 0.3 is 0 Å². The van der Waals surface area contributed by atoms with Crippen LogP contribution in [-0.2, 0) is 0 Å². The van der Waals surface area contributed by atoms with E-state index in [4.69, 9.17) is 21.2 Å². The first kappa shape index (κ1) is 21.0. The molecule has 164 valence electrons. The normalized spacial score (nSPS) is 15.1. The molecule has 1 saturated carbocycles. The number of ether oxygens (including phenoxy) is 1. The van der Waals surface area contributed by atoms with E-state index < -0.39 is 5.91 Å². The monoisotopic (exact) mass is 423 g/mol. The van der Waals surface area contributed by atoms with Crippen LogP contribution < -0.4 is 21.5 Å². The maximum Gasteiger partial charge on any atom is 0.253 e. The van der Waals surface area contributed by atoms with Crippen molar-refractivity contribution in [3.63, 3.8) is 0 Å². The average Bonchev–Trinajstić information content (AvgIpc) is 2.96. The maximum atomic E-state index is 12.3.